The molecule has 1 unspecified atom stereocenters. The van der Waals surface area contributed by atoms with Crippen LogP contribution in [0, 0.1) is 5.92 Å². The molecule has 0 saturated carbocycles. The van der Waals surface area contributed by atoms with Crippen molar-refractivity contribution in [2.24, 2.45) is 15.9 Å². The lowest BCUT2D eigenvalue weighted by Crippen LogP contribution is -2.59. The van der Waals surface area contributed by atoms with E-state index in [-0.39, 0.29) is 12.7 Å². The average Bonchev–Trinajstić information content (AvgIpc) is 3.16. The summed E-state index contributed by atoms with van der Waals surface area (Å²) in [6.07, 6.45) is 2.40. The maximum Gasteiger partial charge on any atom is 0.331 e. The van der Waals surface area contributed by atoms with E-state index in [0.717, 1.165) is 21.8 Å². The zero-order chi connectivity index (χ0) is 19.1. The Balaban J connectivity index is 1.68. The molecule has 1 aromatic rings. The molecule has 3 heterocycles. The molecule has 140 valence electrons. The number of hydrogen-bond acceptors (Lipinski definition) is 6. The topological polar surface area (TPSA) is 83.8 Å². The third-order valence-electron chi connectivity index (χ3n) is 4.96. The number of benzene rings is 1. The first-order valence-corrected chi connectivity index (χ1v) is 8.76. The summed E-state index contributed by atoms with van der Waals surface area (Å²) in [4.78, 5) is 36.6. The number of carbonyl (C=O) groups excluding carboxylic acids is 2. The molecule has 0 spiro atoms. The van der Waals surface area contributed by atoms with Gasteiger partial charge in [0.05, 0.1) is 12.3 Å². The van der Waals surface area contributed by atoms with Gasteiger partial charge in [-0.15, -0.1) is 0 Å². The minimum absolute atomic E-state index is 0.221. The molecule has 1 fully saturated rings. The highest BCUT2D eigenvalue weighted by atomic mass is 16.7. The van der Waals surface area contributed by atoms with Crippen LogP contribution in [-0.2, 0) is 11.3 Å². The number of amides is 3. The smallest absolute Gasteiger partial charge is 0.331 e. The fourth-order valence-corrected chi connectivity index (χ4v) is 3.39. The fourth-order valence-electron chi connectivity index (χ4n) is 3.39. The number of carbonyl (C=O) groups is 2. The summed E-state index contributed by atoms with van der Waals surface area (Å²) < 4.78 is 10.7. The monoisotopic (exact) mass is 368 g/mol. The van der Waals surface area contributed by atoms with Crippen molar-refractivity contribution in [2.75, 3.05) is 20.9 Å². The number of nitrogens with zero attached hydrogens (tertiary/aromatic N) is 4. The maximum absolute atomic E-state index is 12.8. The summed E-state index contributed by atoms with van der Waals surface area (Å²) in [5, 5.41) is 0. The van der Waals surface area contributed by atoms with Gasteiger partial charge in [-0.25, -0.2) is 9.79 Å². The molecular weight excluding hydrogens is 348 g/mol. The zero-order valence-corrected chi connectivity index (χ0v) is 15.4. The van der Waals surface area contributed by atoms with Gasteiger partial charge < -0.3 is 9.47 Å². The molecule has 8 heteroatoms. The first kappa shape index (κ1) is 17.3. The Labute approximate surface area is 156 Å². The predicted molar refractivity (Wildman–Crippen MR) is 98.9 cm³/mol. The lowest BCUT2D eigenvalue weighted by molar-refractivity contribution is -0.128. The Kier molecular flexibility index (Phi) is 4.18. The summed E-state index contributed by atoms with van der Waals surface area (Å²) in [6, 6.07) is 5.28. The van der Waals surface area contributed by atoms with Gasteiger partial charge in [-0.05, 0) is 29.7 Å². The maximum atomic E-state index is 12.8. The van der Waals surface area contributed by atoms with Crippen molar-refractivity contribution in [1.29, 1.82) is 0 Å². The number of ether oxygens (including phenoxy) is 2. The first-order valence-electron chi connectivity index (χ1n) is 8.76. The van der Waals surface area contributed by atoms with Crippen molar-refractivity contribution in [3.05, 3.63) is 35.5 Å². The van der Waals surface area contributed by atoms with Gasteiger partial charge in [-0.2, -0.15) is 0 Å². The SMILES string of the molecule is CCC1=CN=C2C(C(=O)N(C)C(=O)N2C)C1=NCc1ccc2c(c1)OCO2. The van der Waals surface area contributed by atoms with Crippen LogP contribution in [0.1, 0.15) is 18.9 Å². The molecule has 4 rings (SSSR count). The van der Waals surface area contributed by atoms with Crippen LogP contribution >= 0.6 is 0 Å². The molecule has 3 aliphatic heterocycles. The lowest BCUT2D eigenvalue weighted by atomic mass is 9.89. The number of imide groups is 1. The standard InChI is InChI=1S/C19H20N4O4/c1-4-12-9-21-17-15(18(24)23(3)19(25)22(17)2)16(12)20-8-11-5-6-13-14(7-11)27-10-26-13/h5-7,9,15H,4,8,10H2,1-3H3. The molecule has 3 amide bonds. The molecule has 0 radical (unpaired) electrons. The van der Waals surface area contributed by atoms with Crippen molar-refractivity contribution in [2.45, 2.75) is 19.9 Å². The van der Waals surface area contributed by atoms with Crippen molar-refractivity contribution in [3.63, 3.8) is 0 Å². The quantitative estimate of drug-likeness (QED) is 0.819. The molecule has 1 atom stereocenters. The minimum atomic E-state index is -0.660. The molecule has 1 saturated heterocycles. The Hall–Kier alpha value is -3.16. The summed E-state index contributed by atoms with van der Waals surface area (Å²) in [5.74, 6) is 0.872. The minimum Gasteiger partial charge on any atom is -0.454 e. The molecule has 1 aromatic carbocycles. The molecule has 0 N–H and O–H groups in total. The van der Waals surface area contributed by atoms with Crippen molar-refractivity contribution in [1.82, 2.24) is 9.80 Å². The number of allylic oxidation sites excluding steroid dienone is 1. The lowest BCUT2D eigenvalue weighted by Gasteiger charge is -2.37. The van der Waals surface area contributed by atoms with E-state index in [9.17, 15) is 9.59 Å². The Morgan fingerprint density at radius 1 is 1.19 bits per heavy atom. The van der Waals surface area contributed by atoms with E-state index in [1.807, 2.05) is 25.1 Å². The molecule has 3 aliphatic rings. The van der Waals surface area contributed by atoms with E-state index in [1.54, 1.807) is 13.2 Å². The van der Waals surface area contributed by atoms with Gasteiger partial charge in [-0.3, -0.25) is 19.6 Å². The molecule has 27 heavy (non-hydrogen) atoms. The third-order valence-corrected chi connectivity index (χ3v) is 4.96. The predicted octanol–water partition coefficient (Wildman–Crippen LogP) is 2.20. The highest BCUT2D eigenvalue weighted by Gasteiger charge is 2.45. The highest BCUT2D eigenvalue weighted by Crippen LogP contribution is 2.33. The molecular formula is C19H20N4O4. The first-order chi connectivity index (χ1) is 13.0. The van der Waals surface area contributed by atoms with E-state index >= 15 is 0 Å². The van der Waals surface area contributed by atoms with Crippen LogP contribution in [-0.4, -0.2) is 54.2 Å². The van der Waals surface area contributed by atoms with Gasteiger partial charge in [0.25, 0.3) is 0 Å². The Morgan fingerprint density at radius 3 is 2.74 bits per heavy atom. The van der Waals surface area contributed by atoms with Crippen LogP contribution in [0.5, 0.6) is 11.5 Å². The number of hydrogen-bond donors (Lipinski definition) is 0. The van der Waals surface area contributed by atoms with Crippen molar-refractivity contribution >= 4 is 23.5 Å². The number of aliphatic imine (C=N–C) groups is 2. The zero-order valence-electron chi connectivity index (χ0n) is 15.4. The Bertz CT molecular complexity index is 918. The van der Waals surface area contributed by atoms with Crippen LogP contribution < -0.4 is 9.47 Å². The van der Waals surface area contributed by atoms with E-state index < -0.39 is 11.9 Å². The van der Waals surface area contributed by atoms with E-state index in [2.05, 4.69) is 4.99 Å². The van der Waals surface area contributed by atoms with Crippen molar-refractivity contribution in [3.8, 4) is 11.5 Å². The molecule has 8 nitrogen and oxygen atoms in total. The second-order valence-electron chi connectivity index (χ2n) is 6.56. The normalized spacial score (nSPS) is 22.8. The van der Waals surface area contributed by atoms with E-state index in [4.69, 9.17) is 14.5 Å². The van der Waals surface area contributed by atoms with Crippen LogP contribution in [0.4, 0.5) is 4.79 Å². The van der Waals surface area contributed by atoms with Gasteiger partial charge >= 0.3 is 6.03 Å². The second kappa shape index (κ2) is 6.53. The van der Waals surface area contributed by atoms with Gasteiger partial charge in [0.2, 0.25) is 12.7 Å². The van der Waals surface area contributed by atoms with Crippen LogP contribution in [0.25, 0.3) is 0 Å². The second-order valence-corrected chi connectivity index (χ2v) is 6.56. The van der Waals surface area contributed by atoms with E-state index in [0.29, 0.717) is 30.3 Å². The summed E-state index contributed by atoms with van der Waals surface area (Å²) in [5.41, 5.74) is 2.51. The number of rotatable bonds is 3. The highest BCUT2D eigenvalue weighted by molar-refractivity contribution is 6.33. The van der Waals surface area contributed by atoms with Gasteiger partial charge in [0.1, 0.15) is 11.8 Å². The van der Waals surface area contributed by atoms with Gasteiger partial charge in [0, 0.05) is 20.3 Å². The van der Waals surface area contributed by atoms with Gasteiger partial charge in [0.15, 0.2) is 11.5 Å². The largest absolute Gasteiger partial charge is 0.454 e. The fraction of sp³-hybridized carbons (Fsp3) is 0.368. The van der Waals surface area contributed by atoms with Crippen molar-refractivity contribution < 1.29 is 19.1 Å². The number of fused-ring (bicyclic) bond motifs is 2. The van der Waals surface area contributed by atoms with Gasteiger partial charge in [-0.1, -0.05) is 13.0 Å². The number of amidine groups is 1. The molecule has 0 bridgehead atoms. The van der Waals surface area contributed by atoms with E-state index in [1.165, 1.54) is 11.9 Å². The summed E-state index contributed by atoms with van der Waals surface area (Å²) in [6.45, 7) is 2.61. The van der Waals surface area contributed by atoms with Crippen LogP contribution in [0.2, 0.25) is 0 Å². The Morgan fingerprint density at radius 2 is 1.96 bits per heavy atom. The average molecular weight is 368 g/mol. The third kappa shape index (κ3) is 2.77. The molecule has 0 aromatic heterocycles. The van der Waals surface area contributed by atoms with Crippen LogP contribution in [0.3, 0.4) is 0 Å². The van der Waals surface area contributed by atoms with Crippen LogP contribution in [0.15, 0.2) is 40.0 Å². The molecule has 0 aliphatic carbocycles. The number of urea groups is 1. The summed E-state index contributed by atoms with van der Waals surface area (Å²) >= 11 is 0. The summed E-state index contributed by atoms with van der Waals surface area (Å²) in [7, 11) is 3.11.